The van der Waals surface area contributed by atoms with Crippen molar-refractivity contribution in [3.05, 3.63) is 11.6 Å². The van der Waals surface area contributed by atoms with E-state index in [1.165, 1.54) is 57.8 Å². The maximum absolute atomic E-state index is 6.26. The Labute approximate surface area is 147 Å². The van der Waals surface area contributed by atoms with Crippen LogP contribution in [0.5, 0.6) is 0 Å². The van der Waals surface area contributed by atoms with Crippen molar-refractivity contribution in [3.8, 4) is 0 Å². The lowest BCUT2D eigenvalue weighted by Crippen LogP contribution is -2.59. The number of hydrogen-bond acceptors (Lipinski definition) is 2. The largest absolute Gasteiger partial charge is 0.381 e. The smallest absolute Gasteiger partial charge is 0.0760 e. The highest BCUT2D eigenvalue weighted by Gasteiger charge is 2.66. The van der Waals surface area contributed by atoms with Gasteiger partial charge in [0, 0.05) is 13.5 Å². The molecule has 0 N–H and O–H groups in total. The van der Waals surface area contributed by atoms with E-state index in [4.69, 9.17) is 9.47 Å². The summed E-state index contributed by atoms with van der Waals surface area (Å²) in [6, 6.07) is 0. The first-order chi connectivity index (χ1) is 11.5. The maximum atomic E-state index is 6.26. The van der Waals surface area contributed by atoms with Gasteiger partial charge >= 0.3 is 0 Å². The summed E-state index contributed by atoms with van der Waals surface area (Å²) in [6.45, 7) is 6.19. The summed E-state index contributed by atoms with van der Waals surface area (Å²) < 4.78 is 12.0. The van der Waals surface area contributed by atoms with E-state index in [1.54, 1.807) is 5.57 Å². The zero-order valence-corrected chi connectivity index (χ0v) is 15.8. The predicted molar refractivity (Wildman–Crippen MR) is 95.8 cm³/mol. The molecule has 1 spiro atoms. The number of rotatable bonds is 1. The minimum atomic E-state index is 0.265. The maximum Gasteiger partial charge on any atom is 0.0760 e. The summed E-state index contributed by atoms with van der Waals surface area (Å²) in [5, 5.41) is 0. The zero-order chi connectivity index (χ0) is 16.6. The number of ether oxygens (including phenoxy) is 2. The average molecular weight is 331 g/mol. The predicted octanol–water partition coefficient (Wildman–Crippen LogP) is 5.12. The Morgan fingerprint density at radius 3 is 2.54 bits per heavy atom. The van der Waals surface area contributed by atoms with E-state index < -0.39 is 0 Å². The second-order valence-corrected chi connectivity index (χ2v) is 9.95. The molecule has 7 atom stereocenters. The van der Waals surface area contributed by atoms with Crippen LogP contribution in [0.25, 0.3) is 0 Å². The van der Waals surface area contributed by atoms with Gasteiger partial charge in [-0.15, -0.1) is 0 Å². The van der Waals surface area contributed by atoms with Crippen LogP contribution in [0.2, 0.25) is 0 Å². The highest BCUT2D eigenvalue weighted by Crippen LogP contribution is 2.69. The van der Waals surface area contributed by atoms with Gasteiger partial charge in [0.2, 0.25) is 0 Å². The van der Waals surface area contributed by atoms with E-state index >= 15 is 0 Å². The first-order valence-electron chi connectivity index (χ1n) is 10.4. The van der Waals surface area contributed by atoms with Gasteiger partial charge in [-0.3, -0.25) is 0 Å². The van der Waals surface area contributed by atoms with Gasteiger partial charge in [-0.25, -0.2) is 0 Å². The molecule has 0 aromatic rings. The molecule has 4 aliphatic carbocycles. The molecule has 1 saturated heterocycles. The van der Waals surface area contributed by atoms with E-state index in [0.717, 1.165) is 24.4 Å². The van der Waals surface area contributed by atoms with E-state index in [9.17, 15) is 0 Å². The van der Waals surface area contributed by atoms with Gasteiger partial charge < -0.3 is 9.47 Å². The highest BCUT2D eigenvalue weighted by molar-refractivity contribution is 5.26. The van der Waals surface area contributed by atoms with Gasteiger partial charge in [-0.1, -0.05) is 25.5 Å². The normalized spacial score (nSPS) is 56.0. The number of allylic oxidation sites excluding steroid dienone is 1. The molecule has 0 aromatic heterocycles. The van der Waals surface area contributed by atoms with Crippen molar-refractivity contribution in [2.75, 3.05) is 13.7 Å². The Morgan fingerprint density at radius 1 is 1.04 bits per heavy atom. The van der Waals surface area contributed by atoms with Crippen LogP contribution in [0, 0.1) is 28.6 Å². The quantitative estimate of drug-likeness (QED) is 0.621. The van der Waals surface area contributed by atoms with Gasteiger partial charge in [-0.05, 0) is 80.0 Å². The molecule has 0 radical (unpaired) electrons. The Kier molecular flexibility index (Phi) is 3.37. The summed E-state index contributed by atoms with van der Waals surface area (Å²) in [5.74, 6) is 2.70. The molecule has 1 heterocycles. The average Bonchev–Trinajstić information content (AvgIpc) is 2.87. The molecule has 0 aromatic carbocycles. The lowest BCUT2D eigenvalue weighted by atomic mass is 9.46. The second kappa shape index (κ2) is 5.10. The molecule has 3 saturated carbocycles. The first-order valence-corrected chi connectivity index (χ1v) is 10.4. The number of methoxy groups -OCH3 is 1. The van der Waals surface area contributed by atoms with Crippen LogP contribution < -0.4 is 0 Å². The van der Waals surface area contributed by atoms with Crippen LogP contribution in [0.15, 0.2) is 11.6 Å². The molecule has 0 unspecified atom stereocenters. The molecule has 5 rings (SSSR count). The van der Waals surface area contributed by atoms with Gasteiger partial charge in [0.25, 0.3) is 0 Å². The molecule has 4 fully saturated rings. The zero-order valence-electron chi connectivity index (χ0n) is 15.8. The minimum absolute atomic E-state index is 0.265. The molecule has 2 heteroatoms. The van der Waals surface area contributed by atoms with Crippen LogP contribution in [0.4, 0.5) is 0 Å². The third-order valence-electron chi connectivity index (χ3n) is 9.57. The second-order valence-electron chi connectivity index (χ2n) is 9.95. The first kappa shape index (κ1) is 15.9. The molecule has 0 amide bonds. The SMILES string of the molecule is CO[C@H]1CC[C@@]2(C)C(=CC[C@H]3[C@H]4CC[C@@]5(CCO5)[C@@]4(C)CC[C@@H]32)C1. The van der Waals surface area contributed by atoms with Crippen LogP contribution in [0.1, 0.15) is 71.6 Å². The Hall–Kier alpha value is -0.340. The van der Waals surface area contributed by atoms with Crippen molar-refractivity contribution >= 4 is 0 Å². The number of fused-ring (bicyclic) bond motifs is 6. The molecule has 2 nitrogen and oxygen atoms in total. The van der Waals surface area contributed by atoms with Crippen molar-refractivity contribution in [1.29, 1.82) is 0 Å². The topological polar surface area (TPSA) is 18.5 Å². The molecule has 5 aliphatic rings. The fourth-order valence-electron chi connectivity index (χ4n) is 7.92. The summed E-state index contributed by atoms with van der Waals surface area (Å²) in [6.07, 6.45) is 15.1. The molecule has 134 valence electrons. The van der Waals surface area contributed by atoms with Gasteiger partial charge in [0.05, 0.1) is 18.3 Å². The molecule has 0 bridgehead atoms. The summed E-state index contributed by atoms with van der Waals surface area (Å²) in [4.78, 5) is 0. The van der Waals surface area contributed by atoms with E-state index in [0.29, 0.717) is 16.9 Å². The summed E-state index contributed by atoms with van der Waals surface area (Å²) in [7, 11) is 1.89. The molecule has 1 aliphatic heterocycles. The van der Waals surface area contributed by atoms with Crippen LogP contribution >= 0.6 is 0 Å². The van der Waals surface area contributed by atoms with E-state index in [-0.39, 0.29) is 5.60 Å². The molecular weight excluding hydrogens is 296 g/mol. The fourth-order valence-corrected chi connectivity index (χ4v) is 7.92. The van der Waals surface area contributed by atoms with Crippen molar-refractivity contribution in [2.45, 2.75) is 83.3 Å². The third-order valence-corrected chi connectivity index (χ3v) is 9.57. The van der Waals surface area contributed by atoms with Crippen molar-refractivity contribution in [3.63, 3.8) is 0 Å². The van der Waals surface area contributed by atoms with Crippen molar-refractivity contribution in [2.24, 2.45) is 28.6 Å². The lowest BCUT2D eigenvalue weighted by molar-refractivity contribution is -0.225. The lowest BCUT2D eigenvalue weighted by Gasteiger charge is -2.61. The minimum Gasteiger partial charge on any atom is -0.381 e. The third kappa shape index (κ3) is 1.80. The number of hydrogen-bond donors (Lipinski definition) is 0. The van der Waals surface area contributed by atoms with Crippen molar-refractivity contribution in [1.82, 2.24) is 0 Å². The Bertz CT molecular complexity index is 562. The monoisotopic (exact) mass is 330 g/mol. The van der Waals surface area contributed by atoms with E-state index in [1.807, 2.05) is 7.11 Å². The van der Waals surface area contributed by atoms with Crippen molar-refractivity contribution < 1.29 is 9.47 Å². The fraction of sp³-hybridized carbons (Fsp3) is 0.909. The van der Waals surface area contributed by atoms with Gasteiger partial charge in [0.1, 0.15) is 0 Å². The standard InChI is InChI=1S/C22H34O2/c1-20-9-6-16(23-3)14-15(20)4-5-17-18(20)7-10-21(2)19(17)8-11-22(21)12-13-24-22/h4,16-19H,5-14H2,1-3H3/t16-,17+,18-,19+,20-,21-,22+/m0/s1. The Morgan fingerprint density at radius 2 is 1.83 bits per heavy atom. The van der Waals surface area contributed by atoms with Crippen LogP contribution in [0.3, 0.4) is 0 Å². The Balaban J connectivity index is 1.46. The summed E-state index contributed by atoms with van der Waals surface area (Å²) in [5.41, 5.74) is 2.91. The van der Waals surface area contributed by atoms with Gasteiger partial charge in [-0.2, -0.15) is 0 Å². The van der Waals surface area contributed by atoms with Gasteiger partial charge in [0.15, 0.2) is 0 Å². The molecule has 24 heavy (non-hydrogen) atoms. The van der Waals surface area contributed by atoms with Crippen LogP contribution in [-0.2, 0) is 9.47 Å². The van der Waals surface area contributed by atoms with Crippen LogP contribution in [-0.4, -0.2) is 25.4 Å². The highest BCUT2D eigenvalue weighted by atomic mass is 16.5. The molecular formula is C22H34O2. The van der Waals surface area contributed by atoms with E-state index in [2.05, 4.69) is 19.9 Å². The summed E-state index contributed by atoms with van der Waals surface area (Å²) >= 11 is 0.